The molecule has 0 saturated carbocycles. The Morgan fingerprint density at radius 1 is 1.15 bits per heavy atom. The van der Waals surface area contributed by atoms with E-state index in [0.717, 1.165) is 5.56 Å². The van der Waals surface area contributed by atoms with Gasteiger partial charge in [-0.15, -0.1) is 0 Å². The maximum Gasteiger partial charge on any atom is 0.319 e. The number of hydrogen-bond donors (Lipinski definition) is 4. The predicted molar refractivity (Wildman–Crippen MR) is 79.2 cm³/mol. The molecule has 0 aliphatic rings. The van der Waals surface area contributed by atoms with E-state index in [1.165, 1.54) is 0 Å². The van der Waals surface area contributed by atoms with Crippen molar-refractivity contribution < 1.29 is 9.59 Å². The Morgan fingerprint density at radius 2 is 1.80 bits per heavy atom. The number of amides is 3. The highest BCUT2D eigenvalue weighted by Crippen LogP contribution is 2.08. The van der Waals surface area contributed by atoms with Crippen molar-refractivity contribution in [3.05, 3.63) is 29.8 Å². The summed E-state index contributed by atoms with van der Waals surface area (Å²) in [5.74, 6) is 0.182. The smallest absolute Gasteiger partial charge is 0.319 e. The van der Waals surface area contributed by atoms with Crippen LogP contribution in [0.1, 0.15) is 19.4 Å². The summed E-state index contributed by atoms with van der Waals surface area (Å²) in [5, 5.41) is 7.86. The van der Waals surface area contributed by atoms with Gasteiger partial charge >= 0.3 is 6.03 Å². The van der Waals surface area contributed by atoms with Crippen LogP contribution in [0.25, 0.3) is 0 Å². The van der Waals surface area contributed by atoms with Gasteiger partial charge in [0.1, 0.15) is 0 Å². The van der Waals surface area contributed by atoms with E-state index in [-0.39, 0.29) is 12.5 Å². The fraction of sp³-hybridized carbons (Fsp3) is 0.429. The number of anilines is 1. The third-order valence-electron chi connectivity index (χ3n) is 2.56. The molecule has 0 fully saturated rings. The number of rotatable bonds is 6. The van der Waals surface area contributed by atoms with Crippen LogP contribution in [-0.4, -0.2) is 25.0 Å². The van der Waals surface area contributed by atoms with E-state index in [1.807, 2.05) is 26.0 Å². The van der Waals surface area contributed by atoms with Gasteiger partial charge in [0, 0.05) is 18.8 Å². The molecule has 1 rings (SSSR count). The number of urea groups is 1. The van der Waals surface area contributed by atoms with E-state index in [2.05, 4.69) is 16.0 Å². The number of nitrogens with two attached hydrogens (primary N) is 1. The van der Waals surface area contributed by atoms with E-state index in [4.69, 9.17) is 5.73 Å². The van der Waals surface area contributed by atoms with Crippen LogP contribution in [0, 0.1) is 5.92 Å². The average molecular weight is 278 g/mol. The largest absolute Gasteiger partial charge is 0.354 e. The minimum absolute atomic E-state index is 0.0422. The van der Waals surface area contributed by atoms with Gasteiger partial charge in [-0.3, -0.25) is 4.79 Å². The zero-order chi connectivity index (χ0) is 15.0. The van der Waals surface area contributed by atoms with Crippen LogP contribution in [0.2, 0.25) is 0 Å². The van der Waals surface area contributed by atoms with Crippen molar-refractivity contribution >= 4 is 17.6 Å². The molecule has 0 bridgehead atoms. The van der Waals surface area contributed by atoms with Gasteiger partial charge in [-0.2, -0.15) is 0 Å². The van der Waals surface area contributed by atoms with E-state index in [1.54, 1.807) is 12.1 Å². The summed E-state index contributed by atoms with van der Waals surface area (Å²) >= 11 is 0. The number of nitrogens with one attached hydrogen (secondary N) is 3. The minimum Gasteiger partial charge on any atom is -0.354 e. The second kappa shape index (κ2) is 8.16. The van der Waals surface area contributed by atoms with E-state index in [0.29, 0.717) is 24.7 Å². The highest BCUT2D eigenvalue weighted by molar-refractivity contribution is 5.92. The molecular weight excluding hydrogens is 256 g/mol. The molecule has 0 aromatic heterocycles. The van der Waals surface area contributed by atoms with Crippen LogP contribution in [0.5, 0.6) is 0 Å². The molecule has 0 aliphatic heterocycles. The fourth-order valence-corrected chi connectivity index (χ4v) is 1.44. The Hall–Kier alpha value is -2.08. The lowest BCUT2D eigenvalue weighted by Crippen LogP contribution is -2.39. The van der Waals surface area contributed by atoms with Crippen LogP contribution in [0.3, 0.4) is 0 Å². The lowest BCUT2D eigenvalue weighted by atomic mass is 10.2. The van der Waals surface area contributed by atoms with Gasteiger partial charge in [-0.1, -0.05) is 26.0 Å². The number of carbonyl (C=O) groups is 2. The minimum atomic E-state index is -0.412. The van der Waals surface area contributed by atoms with Crippen molar-refractivity contribution in [2.75, 3.05) is 18.4 Å². The standard InChI is InChI=1S/C14H22N4O2/c1-10(2)8-16-13(19)9-17-14(20)18-12-5-3-11(7-15)4-6-12/h3-6,10H,7-9,15H2,1-2H3,(H,16,19)(H2,17,18,20). The summed E-state index contributed by atoms with van der Waals surface area (Å²) in [4.78, 5) is 23.0. The van der Waals surface area contributed by atoms with Crippen LogP contribution in [-0.2, 0) is 11.3 Å². The van der Waals surface area contributed by atoms with Crippen LogP contribution in [0.15, 0.2) is 24.3 Å². The van der Waals surface area contributed by atoms with E-state index in [9.17, 15) is 9.59 Å². The molecule has 6 heteroatoms. The van der Waals surface area contributed by atoms with Crippen molar-refractivity contribution in [1.82, 2.24) is 10.6 Å². The zero-order valence-corrected chi connectivity index (χ0v) is 11.9. The Bertz CT molecular complexity index is 443. The van der Waals surface area contributed by atoms with Gasteiger partial charge in [-0.25, -0.2) is 4.79 Å². The maximum atomic E-state index is 11.6. The third kappa shape index (κ3) is 6.19. The molecule has 0 spiro atoms. The molecule has 0 heterocycles. The van der Waals surface area contributed by atoms with Gasteiger partial charge in [0.15, 0.2) is 0 Å². The summed E-state index contributed by atoms with van der Waals surface area (Å²) in [5.41, 5.74) is 7.13. The lowest BCUT2D eigenvalue weighted by Gasteiger charge is -2.10. The SMILES string of the molecule is CC(C)CNC(=O)CNC(=O)Nc1ccc(CN)cc1. The van der Waals surface area contributed by atoms with Crippen molar-refractivity contribution in [1.29, 1.82) is 0 Å². The van der Waals surface area contributed by atoms with Gasteiger partial charge in [0.05, 0.1) is 6.54 Å². The van der Waals surface area contributed by atoms with Crippen molar-refractivity contribution in [3.8, 4) is 0 Å². The molecule has 0 aliphatic carbocycles. The number of carbonyl (C=O) groups excluding carboxylic acids is 2. The Balaban J connectivity index is 2.30. The third-order valence-corrected chi connectivity index (χ3v) is 2.56. The molecule has 3 amide bonds. The number of hydrogen-bond acceptors (Lipinski definition) is 3. The molecule has 0 radical (unpaired) electrons. The maximum absolute atomic E-state index is 11.6. The first-order valence-corrected chi connectivity index (χ1v) is 6.62. The van der Waals surface area contributed by atoms with Gasteiger partial charge in [-0.05, 0) is 23.6 Å². The fourth-order valence-electron chi connectivity index (χ4n) is 1.44. The summed E-state index contributed by atoms with van der Waals surface area (Å²) < 4.78 is 0. The Kier molecular flexibility index (Phi) is 6.52. The van der Waals surface area contributed by atoms with Crippen LogP contribution < -0.4 is 21.7 Å². The Labute approximate surface area is 119 Å². The highest BCUT2D eigenvalue weighted by Gasteiger charge is 2.05. The van der Waals surface area contributed by atoms with Gasteiger partial charge in [0.2, 0.25) is 5.91 Å². The van der Waals surface area contributed by atoms with E-state index < -0.39 is 6.03 Å². The zero-order valence-electron chi connectivity index (χ0n) is 11.9. The van der Waals surface area contributed by atoms with Crippen molar-refractivity contribution in [2.45, 2.75) is 20.4 Å². The lowest BCUT2D eigenvalue weighted by molar-refractivity contribution is -0.120. The van der Waals surface area contributed by atoms with Crippen LogP contribution in [0.4, 0.5) is 10.5 Å². The van der Waals surface area contributed by atoms with Gasteiger partial charge in [0.25, 0.3) is 0 Å². The first kappa shape index (κ1) is 16.0. The summed E-state index contributed by atoms with van der Waals surface area (Å²) in [7, 11) is 0. The van der Waals surface area contributed by atoms with Crippen molar-refractivity contribution in [2.24, 2.45) is 11.7 Å². The monoisotopic (exact) mass is 278 g/mol. The molecule has 6 nitrogen and oxygen atoms in total. The topological polar surface area (TPSA) is 96.2 Å². The highest BCUT2D eigenvalue weighted by atomic mass is 16.2. The molecular formula is C14H22N4O2. The quantitative estimate of drug-likeness (QED) is 0.626. The van der Waals surface area contributed by atoms with Crippen LogP contribution >= 0.6 is 0 Å². The first-order chi connectivity index (χ1) is 9.51. The second-order valence-corrected chi connectivity index (χ2v) is 4.91. The summed E-state index contributed by atoms with van der Waals surface area (Å²) in [6.45, 7) is 5.03. The molecule has 0 saturated heterocycles. The molecule has 5 N–H and O–H groups in total. The molecule has 20 heavy (non-hydrogen) atoms. The van der Waals surface area contributed by atoms with E-state index >= 15 is 0 Å². The normalized spacial score (nSPS) is 10.2. The molecule has 110 valence electrons. The van der Waals surface area contributed by atoms with Gasteiger partial charge < -0.3 is 21.7 Å². The molecule has 0 unspecified atom stereocenters. The van der Waals surface area contributed by atoms with Crippen molar-refractivity contribution in [3.63, 3.8) is 0 Å². The summed E-state index contributed by atoms with van der Waals surface area (Å²) in [6.07, 6.45) is 0. The second-order valence-electron chi connectivity index (χ2n) is 4.91. The first-order valence-electron chi connectivity index (χ1n) is 6.62. The number of benzene rings is 1. The average Bonchev–Trinajstić information content (AvgIpc) is 2.43. The molecule has 1 aromatic carbocycles. The summed E-state index contributed by atoms with van der Waals surface area (Å²) in [6, 6.07) is 6.79. The predicted octanol–water partition coefficient (Wildman–Crippen LogP) is 1.04. The molecule has 1 aromatic rings. The molecule has 0 atom stereocenters. The Morgan fingerprint density at radius 3 is 2.35 bits per heavy atom.